The molecule has 1 unspecified atom stereocenters. The Morgan fingerprint density at radius 1 is 1.39 bits per heavy atom. The van der Waals surface area contributed by atoms with Gasteiger partial charge in [-0.25, -0.2) is 8.78 Å². The molecule has 0 bridgehead atoms. The van der Waals surface area contributed by atoms with E-state index in [-0.39, 0.29) is 11.9 Å². The van der Waals surface area contributed by atoms with Gasteiger partial charge in [-0.3, -0.25) is 0 Å². The van der Waals surface area contributed by atoms with Crippen molar-refractivity contribution in [3.8, 4) is 5.75 Å². The predicted molar refractivity (Wildman–Crippen MR) is 66.7 cm³/mol. The highest BCUT2D eigenvalue weighted by molar-refractivity contribution is 5.25. The lowest BCUT2D eigenvalue weighted by Crippen LogP contribution is -2.32. The summed E-state index contributed by atoms with van der Waals surface area (Å²) in [6.45, 7) is 2.74. The van der Waals surface area contributed by atoms with Crippen LogP contribution in [0.2, 0.25) is 0 Å². The Morgan fingerprint density at radius 3 is 2.83 bits per heavy atom. The van der Waals surface area contributed by atoms with Crippen molar-refractivity contribution in [3.63, 3.8) is 0 Å². The third kappa shape index (κ3) is 3.95. The van der Waals surface area contributed by atoms with Gasteiger partial charge in [0.25, 0.3) is 0 Å². The van der Waals surface area contributed by atoms with Crippen molar-refractivity contribution in [3.05, 3.63) is 29.8 Å². The van der Waals surface area contributed by atoms with Gasteiger partial charge in [0.05, 0.1) is 0 Å². The first-order valence-corrected chi connectivity index (χ1v) is 6.54. The Labute approximate surface area is 106 Å². The summed E-state index contributed by atoms with van der Waals surface area (Å²) >= 11 is 0. The van der Waals surface area contributed by atoms with E-state index in [1.165, 1.54) is 12.8 Å². The van der Waals surface area contributed by atoms with Crippen LogP contribution in [0.4, 0.5) is 8.78 Å². The van der Waals surface area contributed by atoms with Crippen molar-refractivity contribution < 1.29 is 13.5 Å². The van der Waals surface area contributed by atoms with Crippen LogP contribution in [0.5, 0.6) is 5.75 Å². The van der Waals surface area contributed by atoms with E-state index < -0.39 is 11.6 Å². The van der Waals surface area contributed by atoms with Gasteiger partial charge in [-0.15, -0.1) is 0 Å². The molecule has 4 heteroatoms. The molecule has 1 atom stereocenters. The van der Waals surface area contributed by atoms with Crippen LogP contribution >= 0.6 is 0 Å². The van der Waals surface area contributed by atoms with E-state index in [0.29, 0.717) is 12.6 Å². The van der Waals surface area contributed by atoms with Gasteiger partial charge in [0.2, 0.25) is 0 Å². The number of hydrogen-bond donors (Lipinski definition) is 1. The second-order valence-corrected chi connectivity index (χ2v) is 4.79. The standard InChI is InChI=1S/C14H19F2NO/c1-2-3-12(9-17-11-5-6-11)18-14-8-10(15)4-7-13(14)16/h4,7-8,11-12,17H,2-3,5-6,9H2,1H3. The van der Waals surface area contributed by atoms with Crippen molar-refractivity contribution in [2.45, 2.75) is 44.8 Å². The summed E-state index contributed by atoms with van der Waals surface area (Å²) in [4.78, 5) is 0. The first kappa shape index (κ1) is 13.3. The summed E-state index contributed by atoms with van der Waals surface area (Å²) in [5, 5.41) is 3.35. The van der Waals surface area contributed by atoms with Crippen LogP contribution in [0.15, 0.2) is 18.2 Å². The van der Waals surface area contributed by atoms with E-state index in [0.717, 1.165) is 31.0 Å². The normalized spacial score (nSPS) is 16.6. The third-order valence-electron chi connectivity index (χ3n) is 3.01. The van der Waals surface area contributed by atoms with Gasteiger partial charge in [-0.2, -0.15) is 0 Å². The van der Waals surface area contributed by atoms with Crippen LogP contribution in [-0.2, 0) is 0 Å². The minimum absolute atomic E-state index is 0.00560. The van der Waals surface area contributed by atoms with Crippen molar-refractivity contribution in [2.24, 2.45) is 0 Å². The molecule has 1 aromatic carbocycles. The zero-order valence-electron chi connectivity index (χ0n) is 10.6. The molecule has 1 aliphatic carbocycles. The molecule has 0 spiro atoms. The van der Waals surface area contributed by atoms with E-state index in [9.17, 15) is 8.78 Å². The summed E-state index contributed by atoms with van der Waals surface area (Å²) < 4.78 is 32.1. The van der Waals surface area contributed by atoms with E-state index >= 15 is 0 Å². The molecule has 0 saturated heterocycles. The Bertz CT molecular complexity index is 393. The highest BCUT2D eigenvalue weighted by Crippen LogP contribution is 2.22. The van der Waals surface area contributed by atoms with Crippen molar-refractivity contribution in [1.82, 2.24) is 5.32 Å². The average Bonchev–Trinajstić information content (AvgIpc) is 3.15. The number of benzene rings is 1. The van der Waals surface area contributed by atoms with Gasteiger partial charge in [-0.05, 0) is 31.4 Å². The highest BCUT2D eigenvalue weighted by Gasteiger charge is 2.22. The van der Waals surface area contributed by atoms with Crippen molar-refractivity contribution >= 4 is 0 Å². The molecule has 18 heavy (non-hydrogen) atoms. The minimum atomic E-state index is -0.510. The molecule has 1 aliphatic rings. The second-order valence-electron chi connectivity index (χ2n) is 4.79. The molecule has 2 nitrogen and oxygen atoms in total. The van der Waals surface area contributed by atoms with Gasteiger partial charge in [0, 0.05) is 18.7 Å². The van der Waals surface area contributed by atoms with Gasteiger partial charge < -0.3 is 10.1 Å². The molecule has 1 N–H and O–H groups in total. The molecule has 0 aliphatic heterocycles. The first-order chi connectivity index (χ1) is 8.69. The lowest BCUT2D eigenvalue weighted by molar-refractivity contribution is 0.177. The topological polar surface area (TPSA) is 21.3 Å². The van der Waals surface area contributed by atoms with Crippen molar-refractivity contribution in [2.75, 3.05) is 6.54 Å². The lowest BCUT2D eigenvalue weighted by atomic mass is 10.2. The summed E-state index contributed by atoms with van der Waals surface area (Å²) in [7, 11) is 0. The van der Waals surface area contributed by atoms with E-state index in [1.54, 1.807) is 0 Å². The second kappa shape index (κ2) is 6.14. The number of ether oxygens (including phenoxy) is 1. The number of rotatable bonds is 7. The zero-order chi connectivity index (χ0) is 13.0. The van der Waals surface area contributed by atoms with E-state index in [1.807, 2.05) is 0 Å². The van der Waals surface area contributed by atoms with Gasteiger partial charge in [-0.1, -0.05) is 13.3 Å². The quantitative estimate of drug-likeness (QED) is 0.807. The van der Waals surface area contributed by atoms with E-state index in [4.69, 9.17) is 4.74 Å². The maximum atomic E-state index is 13.5. The molecule has 0 heterocycles. The minimum Gasteiger partial charge on any atom is -0.486 e. The molecule has 1 saturated carbocycles. The molecule has 100 valence electrons. The first-order valence-electron chi connectivity index (χ1n) is 6.54. The molecular weight excluding hydrogens is 236 g/mol. The smallest absolute Gasteiger partial charge is 0.165 e. The Kier molecular flexibility index (Phi) is 4.53. The molecular formula is C14H19F2NO. The summed E-state index contributed by atoms with van der Waals surface area (Å²) in [5.74, 6) is -0.980. The van der Waals surface area contributed by atoms with Crippen LogP contribution in [-0.4, -0.2) is 18.7 Å². The molecule has 1 fully saturated rings. The SMILES string of the molecule is CCCC(CNC1CC1)Oc1cc(F)ccc1F. The van der Waals surface area contributed by atoms with Crippen molar-refractivity contribution in [1.29, 1.82) is 0 Å². The largest absolute Gasteiger partial charge is 0.486 e. The maximum absolute atomic E-state index is 13.5. The molecule has 0 aromatic heterocycles. The molecule has 0 radical (unpaired) electrons. The highest BCUT2D eigenvalue weighted by atomic mass is 19.1. The summed E-state index contributed by atoms with van der Waals surface area (Å²) in [6, 6.07) is 3.89. The molecule has 2 rings (SSSR count). The third-order valence-corrected chi connectivity index (χ3v) is 3.01. The lowest BCUT2D eigenvalue weighted by Gasteiger charge is -2.19. The summed E-state index contributed by atoms with van der Waals surface area (Å²) in [6.07, 6.45) is 4.08. The van der Waals surface area contributed by atoms with E-state index in [2.05, 4.69) is 12.2 Å². The van der Waals surface area contributed by atoms with Crippen LogP contribution in [0.1, 0.15) is 32.6 Å². The zero-order valence-corrected chi connectivity index (χ0v) is 10.6. The van der Waals surface area contributed by atoms with Crippen LogP contribution in [0.25, 0.3) is 0 Å². The van der Waals surface area contributed by atoms with Gasteiger partial charge >= 0.3 is 0 Å². The van der Waals surface area contributed by atoms with Gasteiger partial charge in [0.15, 0.2) is 11.6 Å². The van der Waals surface area contributed by atoms with Crippen LogP contribution in [0.3, 0.4) is 0 Å². The van der Waals surface area contributed by atoms with Crippen LogP contribution in [0, 0.1) is 11.6 Å². The predicted octanol–water partition coefficient (Wildman–Crippen LogP) is 3.26. The fourth-order valence-corrected chi connectivity index (χ4v) is 1.86. The number of halogens is 2. The average molecular weight is 255 g/mol. The van der Waals surface area contributed by atoms with Gasteiger partial charge in [0.1, 0.15) is 11.9 Å². The Morgan fingerprint density at radius 2 is 2.17 bits per heavy atom. The number of nitrogens with one attached hydrogen (secondary N) is 1. The Hall–Kier alpha value is -1.16. The maximum Gasteiger partial charge on any atom is 0.165 e. The number of hydrogen-bond acceptors (Lipinski definition) is 2. The Balaban J connectivity index is 1.94. The molecule has 0 amide bonds. The fraction of sp³-hybridized carbons (Fsp3) is 0.571. The fourth-order valence-electron chi connectivity index (χ4n) is 1.86. The monoisotopic (exact) mass is 255 g/mol. The molecule has 1 aromatic rings. The summed E-state index contributed by atoms with van der Waals surface area (Å²) in [5.41, 5.74) is 0. The van der Waals surface area contributed by atoms with Crippen LogP contribution < -0.4 is 10.1 Å².